The quantitative estimate of drug-likeness (QED) is 0.774. The van der Waals surface area contributed by atoms with Crippen LogP contribution in [0.25, 0.3) is 0 Å². The number of hydrogen-bond acceptors (Lipinski definition) is 2. The molecule has 0 aliphatic carbocycles. The Morgan fingerprint density at radius 2 is 1.95 bits per heavy atom. The molecule has 1 aliphatic rings. The van der Waals surface area contributed by atoms with Crippen molar-refractivity contribution in [3.05, 3.63) is 34.6 Å². The maximum Gasteiger partial charge on any atom is 0.125 e. The van der Waals surface area contributed by atoms with Gasteiger partial charge in [0.05, 0.1) is 0 Å². The number of halogens is 3. The fourth-order valence-electron chi connectivity index (χ4n) is 2.91. The van der Waals surface area contributed by atoms with E-state index in [-0.39, 0.29) is 24.3 Å². The van der Waals surface area contributed by atoms with Crippen LogP contribution >= 0.6 is 24.0 Å². The van der Waals surface area contributed by atoms with Crippen LogP contribution in [0.3, 0.4) is 0 Å². The number of benzene rings is 1. The van der Waals surface area contributed by atoms with Gasteiger partial charge < -0.3 is 5.32 Å². The van der Waals surface area contributed by atoms with Crippen molar-refractivity contribution in [2.75, 3.05) is 26.2 Å². The first kappa shape index (κ1) is 18.7. The van der Waals surface area contributed by atoms with Crippen molar-refractivity contribution in [1.29, 1.82) is 0 Å². The fraction of sp³-hybridized carbons (Fsp3) is 0.625. The Labute approximate surface area is 138 Å². The number of nitrogens with zero attached hydrogens (tertiary/aromatic N) is 1. The molecule has 1 saturated heterocycles. The molecule has 0 unspecified atom stereocenters. The average Bonchev–Trinajstić information content (AvgIpc) is 2.43. The summed E-state index contributed by atoms with van der Waals surface area (Å²) >= 11 is 6.02. The number of hydrogen-bond donors (Lipinski definition) is 1. The van der Waals surface area contributed by atoms with Crippen molar-refractivity contribution in [1.82, 2.24) is 10.2 Å². The first-order valence-corrected chi connectivity index (χ1v) is 7.99. The third kappa shape index (κ3) is 5.74. The summed E-state index contributed by atoms with van der Waals surface area (Å²) in [5.74, 6) is -0.233. The highest BCUT2D eigenvalue weighted by atomic mass is 35.5. The molecule has 0 spiro atoms. The van der Waals surface area contributed by atoms with E-state index in [1.165, 1.54) is 25.3 Å². The van der Waals surface area contributed by atoms with Crippen molar-refractivity contribution in [3.8, 4) is 0 Å². The Morgan fingerprint density at radius 1 is 1.24 bits per heavy atom. The molecule has 0 aromatic heterocycles. The van der Waals surface area contributed by atoms with Crippen molar-refractivity contribution in [3.63, 3.8) is 0 Å². The fourth-order valence-corrected chi connectivity index (χ4v) is 3.14. The van der Waals surface area contributed by atoms with E-state index in [0.29, 0.717) is 5.02 Å². The van der Waals surface area contributed by atoms with Gasteiger partial charge >= 0.3 is 0 Å². The SMILES string of the molecule is CCCCC[C@H](c1cc(F)cc(Cl)c1)N1CCNCC1.Cl. The minimum atomic E-state index is -0.233. The number of piperazine rings is 1. The van der Waals surface area contributed by atoms with Gasteiger partial charge in [0.1, 0.15) is 5.82 Å². The smallest absolute Gasteiger partial charge is 0.125 e. The maximum atomic E-state index is 13.6. The summed E-state index contributed by atoms with van der Waals surface area (Å²) in [6.07, 6.45) is 4.69. The van der Waals surface area contributed by atoms with Crippen LogP contribution in [-0.2, 0) is 0 Å². The Morgan fingerprint density at radius 3 is 2.57 bits per heavy atom. The molecule has 1 heterocycles. The zero-order valence-electron chi connectivity index (χ0n) is 12.6. The van der Waals surface area contributed by atoms with E-state index in [1.807, 2.05) is 6.07 Å². The lowest BCUT2D eigenvalue weighted by molar-refractivity contribution is 0.162. The molecule has 1 aromatic carbocycles. The van der Waals surface area contributed by atoms with Gasteiger partial charge in [0.25, 0.3) is 0 Å². The Bertz CT molecular complexity index is 402. The molecular formula is C16H25Cl2FN2. The van der Waals surface area contributed by atoms with Gasteiger partial charge in [-0.1, -0.05) is 37.8 Å². The number of nitrogens with one attached hydrogen (secondary N) is 1. The Hall–Kier alpha value is -0.350. The van der Waals surface area contributed by atoms with Gasteiger partial charge in [-0.15, -0.1) is 12.4 Å². The van der Waals surface area contributed by atoms with E-state index in [9.17, 15) is 4.39 Å². The average molecular weight is 335 g/mol. The lowest BCUT2D eigenvalue weighted by Crippen LogP contribution is -2.45. The van der Waals surface area contributed by atoms with Crippen molar-refractivity contribution < 1.29 is 4.39 Å². The van der Waals surface area contributed by atoms with E-state index >= 15 is 0 Å². The normalized spacial score (nSPS) is 17.3. The summed E-state index contributed by atoms with van der Waals surface area (Å²) in [7, 11) is 0. The van der Waals surface area contributed by atoms with Crippen LogP contribution in [0.15, 0.2) is 18.2 Å². The Balaban J connectivity index is 0.00000220. The molecule has 1 atom stereocenters. The van der Waals surface area contributed by atoms with E-state index in [1.54, 1.807) is 6.07 Å². The van der Waals surface area contributed by atoms with Gasteiger partial charge in [-0.05, 0) is 30.2 Å². The van der Waals surface area contributed by atoms with Crippen LogP contribution in [0.1, 0.15) is 44.2 Å². The van der Waals surface area contributed by atoms with Gasteiger partial charge in [-0.3, -0.25) is 4.90 Å². The molecule has 0 bridgehead atoms. The maximum absolute atomic E-state index is 13.6. The zero-order valence-corrected chi connectivity index (χ0v) is 14.2. The second kappa shape index (κ2) is 9.62. The van der Waals surface area contributed by atoms with Crippen LogP contribution in [0.2, 0.25) is 5.02 Å². The highest BCUT2D eigenvalue weighted by Gasteiger charge is 2.22. The third-order valence-electron chi connectivity index (χ3n) is 3.94. The molecule has 1 fully saturated rings. The molecule has 0 radical (unpaired) electrons. The molecule has 5 heteroatoms. The van der Waals surface area contributed by atoms with Crippen molar-refractivity contribution in [2.45, 2.75) is 38.6 Å². The lowest BCUT2D eigenvalue weighted by atomic mass is 9.98. The minimum absolute atomic E-state index is 0. The van der Waals surface area contributed by atoms with E-state index in [4.69, 9.17) is 11.6 Å². The lowest BCUT2D eigenvalue weighted by Gasteiger charge is -2.35. The first-order valence-electron chi connectivity index (χ1n) is 7.61. The van der Waals surface area contributed by atoms with Crippen LogP contribution < -0.4 is 5.32 Å². The van der Waals surface area contributed by atoms with Crippen LogP contribution in [0.5, 0.6) is 0 Å². The number of rotatable bonds is 6. The van der Waals surface area contributed by atoms with E-state index in [2.05, 4.69) is 17.1 Å². The predicted molar refractivity (Wildman–Crippen MR) is 90.0 cm³/mol. The summed E-state index contributed by atoms with van der Waals surface area (Å²) in [6.45, 7) is 6.26. The molecular weight excluding hydrogens is 310 g/mol. The topological polar surface area (TPSA) is 15.3 Å². The van der Waals surface area contributed by atoms with Crippen molar-refractivity contribution in [2.24, 2.45) is 0 Å². The van der Waals surface area contributed by atoms with Gasteiger partial charge in [0, 0.05) is 37.2 Å². The van der Waals surface area contributed by atoms with Gasteiger partial charge in [0.15, 0.2) is 0 Å². The second-order valence-corrected chi connectivity index (χ2v) is 5.94. The zero-order chi connectivity index (χ0) is 14.4. The summed E-state index contributed by atoms with van der Waals surface area (Å²) < 4.78 is 13.6. The molecule has 0 saturated carbocycles. The molecule has 1 aromatic rings. The predicted octanol–water partition coefficient (Wildman–Crippen LogP) is 4.43. The molecule has 2 rings (SSSR count). The van der Waals surface area contributed by atoms with Gasteiger partial charge in [-0.25, -0.2) is 4.39 Å². The van der Waals surface area contributed by atoms with E-state index in [0.717, 1.165) is 38.2 Å². The molecule has 120 valence electrons. The summed E-state index contributed by atoms with van der Waals surface area (Å²) in [6, 6.07) is 5.23. The monoisotopic (exact) mass is 334 g/mol. The third-order valence-corrected chi connectivity index (χ3v) is 4.16. The van der Waals surface area contributed by atoms with Crippen LogP contribution in [0, 0.1) is 5.82 Å². The Kier molecular flexibility index (Phi) is 8.57. The van der Waals surface area contributed by atoms with Crippen LogP contribution in [0.4, 0.5) is 4.39 Å². The van der Waals surface area contributed by atoms with Gasteiger partial charge in [0.2, 0.25) is 0 Å². The summed E-state index contributed by atoms with van der Waals surface area (Å²) in [5.41, 5.74) is 1.02. The highest BCUT2D eigenvalue weighted by Crippen LogP contribution is 2.29. The summed E-state index contributed by atoms with van der Waals surface area (Å²) in [5, 5.41) is 3.87. The highest BCUT2D eigenvalue weighted by molar-refractivity contribution is 6.30. The molecule has 1 N–H and O–H groups in total. The molecule has 2 nitrogen and oxygen atoms in total. The first-order chi connectivity index (χ1) is 9.70. The number of unbranched alkanes of at least 4 members (excludes halogenated alkanes) is 2. The van der Waals surface area contributed by atoms with Gasteiger partial charge in [-0.2, -0.15) is 0 Å². The minimum Gasteiger partial charge on any atom is -0.314 e. The molecule has 0 amide bonds. The van der Waals surface area contributed by atoms with Crippen LogP contribution in [-0.4, -0.2) is 31.1 Å². The molecule has 21 heavy (non-hydrogen) atoms. The van der Waals surface area contributed by atoms with E-state index < -0.39 is 0 Å². The second-order valence-electron chi connectivity index (χ2n) is 5.50. The van der Waals surface area contributed by atoms with Crippen molar-refractivity contribution >= 4 is 24.0 Å². The largest absolute Gasteiger partial charge is 0.314 e. The standard InChI is InChI=1S/C16H24ClFN2.ClH/c1-2-3-4-5-16(20-8-6-19-7-9-20)13-10-14(17)12-15(18)11-13;/h10-12,16,19H,2-9H2,1H3;1H/t16-;/m1./s1. The molecule has 1 aliphatic heterocycles. The summed E-state index contributed by atoms with van der Waals surface area (Å²) in [4.78, 5) is 2.46.